The number of hydrogen-bond donors (Lipinski definition) is 3. The van der Waals surface area contributed by atoms with Gasteiger partial charge in [-0.05, 0) is 43.0 Å². The van der Waals surface area contributed by atoms with E-state index in [4.69, 9.17) is 17.2 Å². The predicted octanol–water partition coefficient (Wildman–Crippen LogP) is 0.778. The minimum Gasteiger partial charge on any atom is -0.370 e. The van der Waals surface area contributed by atoms with Gasteiger partial charge < -0.3 is 22.1 Å². The van der Waals surface area contributed by atoms with Gasteiger partial charge in [-0.25, -0.2) is 4.99 Å². The molecule has 0 radical (unpaired) electrons. The zero-order chi connectivity index (χ0) is 16.1. The first kappa shape index (κ1) is 15.8. The van der Waals surface area contributed by atoms with E-state index in [2.05, 4.69) is 16.9 Å². The van der Waals surface area contributed by atoms with Gasteiger partial charge in [0, 0.05) is 18.7 Å². The van der Waals surface area contributed by atoms with Gasteiger partial charge in [0.2, 0.25) is 5.96 Å². The molecule has 0 aliphatic carbocycles. The molecule has 1 aliphatic heterocycles. The maximum atomic E-state index is 12.4. The van der Waals surface area contributed by atoms with Gasteiger partial charge in [0.15, 0.2) is 5.96 Å². The molecule has 1 aromatic carbocycles. The highest BCUT2D eigenvalue weighted by atomic mass is 16.2. The Kier molecular flexibility index (Phi) is 4.98. The van der Waals surface area contributed by atoms with Crippen molar-refractivity contribution >= 4 is 23.5 Å². The number of nitrogens with zero attached hydrogens (tertiary/aromatic N) is 3. The predicted molar refractivity (Wildman–Crippen MR) is 87.8 cm³/mol. The second-order valence-corrected chi connectivity index (χ2v) is 5.55. The van der Waals surface area contributed by atoms with Gasteiger partial charge in [0.1, 0.15) is 0 Å². The van der Waals surface area contributed by atoms with E-state index < -0.39 is 0 Å². The molecule has 1 amide bonds. The highest BCUT2D eigenvalue weighted by molar-refractivity contribution is 5.95. The van der Waals surface area contributed by atoms with Crippen molar-refractivity contribution in [2.75, 3.05) is 13.1 Å². The number of nitrogens with two attached hydrogens (primary N) is 3. The number of piperidine rings is 1. The lowest BCUT2D eigenvalue weighted by atomic mass is 9.99. The van der Waals surface area contributed by atoms with Crippen LogP contribution in [0.1, 0.15) is 30.1 Å². The topological polar surface area (TPSA) is 123 Å². The molecule has 7 nitrogen and oxygen atoms in total. The standard InChI is InChI=1S/C15H22N6O/c1-10-3-2-8-21(9-10)13(22)11-4-6-12(7-5-11)19-15(18)20-14(16)17/h4-7,10H,2-3,8-9H2,1H3,(H6,16,17,18,19,20). The zero-order valence-electron chi connectivity index (χ0n) is 12.7. The third-order valence-corrected chi connectivity index (χ3v) is 3.55. The number of carbonyl (C=O) groups is 1. The van der Waals surface area contributed by atoms with Crippen LogP contribution in [-0.2, 0) is 0 Å². The van der Waals surface area contributed by atoms with Crippen LogP contribution in [0.4, 0.5) is 5.69 Å². The second kappa shape index (κ2) is 6.93. The average molecular weight is 302 g/mol. The molecular formula is C15H22N6O. The first-order valence-corrected chi connectivity index (χ1v) is 7.29. The van der Waals surface area contributed by atoms with E-state index in [1.54, 1.807) is 24.3 Å². The van der Waals surface area contributed by atoms with Crippen LogP contribution >= 0.6 is 0 Å². The van der Waals surface area contributed by atoms with Gasteiger partial charge in [-0.1, -0.05) is 6.92 Å². The number of aliphatic imine (C=N–C) groups is 2. The summed E-state index contributed by atoms with van der Waals surface area (Å²) in [6.07, 6.45) is 2.24. The number of benzene rings is 1. The largest absolute Gasteiger partial charge is 0.370 e. The zero-order valence-corrected chi connectivity index (χ0v) is 12.7. The van der Waals surface area contributed by atoms with Gasteiger partial charge in [-0.15, -0.1) is 0 Å². The Labute approximate surface area is 129 Å². The summed E-state index contributed by atoms with van der Waals surface area (Å²) in [6, 6.07) is 6.91. The van der Waals surface area contributed by atoms with Crippen molar-refractivity contribution in [2.24, 2.45) is 33.1 Å². The summed E-state index contributed by atoms with van der Waals surface area (Å²) in [7, 11) is 0. The van der Waals surface area contributed by atoms with Crippen LogP contribution in [0.2, 0.25) is 0 Å². The van der Waals surface area contributed by atoms with Crippen LogP contribution in [0.5, 0.6) is 0 Å². The Balaban J connectivity index is 2.08. The highest BCUT2D eigenvalue weighted by Crippen LogP contribution is 2.19. The summed E-state index contributed by atoms with van der Waals surface area (Å²) >= 11 is 0. The molecule has 22 heavy (non-hydrogen) atoms. The van der Waals surface area contributed by atoms with Gasteiger partial charge >= 0.3 is 0 Å². The summed E-state index contributed by atoms with van der Waals surface area (Å²) in [4.78, 5) is 22.0. The Hall–Kier alpha value is -2.57. The van der Waals surface area contributed by atoms with Crippen LogP contribution in [0, 0.1) is 5.92 Å². The van der Waals surface area contributed by atoms with Crippen molar-refractivity contribution in [3.05, 3.63) is 29.8 Å². The van der Waals surface area contributed by atoms with Crippen molar-refractivity contribution in [3.63, 3.8) is 0 Å². The second-order valence-electron chi connectivity index (χ2n) is 5.55. The van der Waals surface area contributed by atoms with Gasteiger partial charge in [-0.2, -0.15) is 4.99 Å². The molecule has 7 heteroatoms. The fourth-order valence-corrected chi connectivity index (χ4v) is 2.52. The highest BCUT2D eigenvalue weighted by Gasteiger charge is 2.21. The van der Waals surface area contributed by atoms with E-state index in [1.165, 1.54) is 6.42 Å². The van der Waals surface area contributed by atoms with Crippen molar-refractivity contribution in [1.29, 1.82) is 0 Å². The monoisotopic (exact) mass is 302 g/mol. The first-order valence-electron chi connectivity index (χ1n) is 7.29. The molecule has 1 aromatic rings. The summed E-state index contributed by atoms with van der Waals surface area (Å²) < 4.78 is 0. The lowest BCUT2D eigenvalue weighted by Crippen LogP contribution is -2.39. The van der Waals surface area contributed by atoms with Crippen LogP contribution < -0.4 is 17.2 Å². The van der Waals surface area contributed by atoms with Crippen molar-refractivity contribution in [1.82, 2.24) is 4.90 Å². The van der Waals surface area contributed by atoms with E-state index in [-0.39, 0.29) is 17.8 Å². The maximum Gasteiger partial charge on any atom is 0.253 e. The number of carbonyl (C=O) groups excluding carboxylic acids is 1. The minimum atomic E-state index is -0.146. The summed E-state index contributed by atoms with van der Waals surface area (Å²) in [5.74, 6) is 0.441. The van der Waals surface area contributed by atoms with Gasteiger partial charge in [0.25, 0.3) is 5.91 Å². The molecule has 0 spiro atoms. The third-order valence-electron chi connectivity index (χ3n) is 3.55. The molecule has 1 unspecified atom stereocenters. The molecule has 1 heterocycles. The van der Waals surface area contributed by atoms with E-state index in [1.807, 2.05) is 4.90 Å². The van der Waals surface area contributed by atoms with Crippen molar-refractivity contribution < 1.29 is 4.79 Å². The molecule has 0 aromatic heterocycles. The molecule has 1 saturated heterocycles. The van der Waals surface area contributed by atoms with Crippen LogP contribution in [0.3, 0.4) is 0 Å². The van der Waals surface area contributed by atoms with Gasteiger partial charge in [-0.3, -0.25) is 4.79 Å². The number of guanidine groups is 2. The molecule has 6 N–H and O–H groups in total. The summed E-state index contributed by atoms with van der Waals surface area (Å²) in [6.45, 7) is 3.81. The quantitative estimate of drug-likeness (QED) is 0.551. The average Bonchev–Trinajstić information content (AvgIpc) is 2.46. The lowest BCUT2D eigenvalue weighted by Gasteiger charge is -2.31. The Bertz CT molecular complexity index is 589. The molecule has 0 saturated carbocycles. The fraction of sp³-hybridized carbons (Fsp3) is 0.400. The number of likely N-dealkylation sites (tertiary alicyclic amines) is 1. The third kappa shape index (κ3) is 4.21. The number of hydrogen-bond acceptors (Lipinski definition) is 2. The maximum absolute atomic E-state index is 12.4. The summed E-state index contributed by atoms with van der Waals surface area (Å²) in [5, 5.41) is 0. The molecule has 118 valence electrons. The summed E-state index contributed by atoms with van der Waals surface area (Å²) in [5.41, 5.74) is 17.2. The fourth-order valence-electron chi connectivity index (χ4n) is 2.52. The van der Waals surface area contributed by atoms with Crippen LogP contribution in [0.15, 0.2) is 34.3 Å². The molecular weight excluding hydrogens is 280 g/mol. The number of amides is 1. The molecule has 1 atom stereocenters. The van der Waals surface area contributed by atoms with E-state index >= 15 is 0 Å². The van der Waals surface area contributed by atoms with E-state index in [0.717, 1.165) is 19.5 Å². The first-order chi connectivity index (χ1) is 10.5. The van der Waals surface area contributed by atoms with E-state index in [9.17, 15) is 4.79 Å². The molecule has 2 rings (SSSR count). The SMILES string of the molecule is CC1CCCN(C(=O)c2ccc(N=C(N)N=C(N)N)cc2)C1. The normalized spacial score (nSPS) is 18.9. The Morgan fingerprint density at radius 2 is 1.91 bits per heavy atom. The van der Waals surface area contributed by atoms with E-state index in [0.29, 0.717) is 17.2 Å². The van der Waals surface area contributed by atoms with Crippen molar-refractivity contribution in [3.8, 4) is 0 Å². The van der Waals surface area contributed by atoms with Gasteiger partial charge in [0.05, 0.1) is 5.69 Å². The smallest absolute Gasteiger partial charge is 0.253 e. The Morgan fingerprint density at radius 1 is 1.23 bits per heavy atom. The number of rotatable bonds is 2. The minimum absolute atomic E-state index is 0.0241. The van der Waals surface area contributed by atoms with Crippen LogP contribution in [-0.4, -0.2) is 35.8 Å². The Morgan fingerprint density at radius 3 is 2.50 bits per heavy atom. The molecule has 0 bridgehead atoms. The molecule has 1 aliphatic rings. The lowest BCUT2D eigenvalue weighted by molar-refractivity contribution is 0.0683. The van der Waals surface area contributed by atoms with Crippen molar-refractivity contribution in [2.45, 2.75) is 19.8 Å². The van der Waals surface area contributed by atoms with Crippen LogP contribution in [0.25, 0.3) is 0 Å². The molecule has 1 fully saturated rings.